The molecule has 140 valence electrons. The number of ether oxygens (including phenoxy) is 2. The minimum Gasteiger partial charge on any atom is -0.482 e. The molecule has 0 spiro atoms. The Morgan fingerprint density at radius 1 is 1.38 bits per heavy atom. The monoisotopic (exact) mass is 381 g/mol. The highest BCUT2D eigenvalue weighted by atomic mass is 35.5. The Morgan fingerprint density at radius 3 is 2.88 bits per heavy atom. The molecule has 2 heterocycles. The van der Waals surface area contributed by atoms with Gasteiger partial charge in [0.1, 0.15) is 11.3 Å². The third-order valence-corrected chi connectivity index (χ3v) is 4.83. The van der Waals surface area contributed by atoms with Gasteiger partial charge in [-0.25, -0.2) is 4.79 Å². The summed E-state index contributed by atoms with van der Waals surface area (Å²) in [6, 6.07) is 2.68. The Balaban J connectivity index is 1.72. The third kappa shape index (κ3) is 3.85. The molecule has 7 nitrogen and oxygen atoms in total. The van der Waals surface area contributed by atoms with Crippen LogP contribution in [0.3, 0.4) is 0 Å². The van der Waals surface area contributed by atoms with E-state index in [1.165, 1.54) is 6.07 Å². The van der Waals surface area contributed by atoms with Gasteiger partial charge < -0.3 is 24.3 Å². The Morgan fingerprint density at radius 2 is 2.15 bits per heavy atom. The van der Waals surface area contributed by atoms with E-state index in [4.69, 9.17) is 25.5 Å². The van der Waals surface area contributed by atoms with Crippen LogP contribution in [0.5, 0.6) is 5.75 Å². The molecule has 1 amide bonds. The number of carbonyl (C=O) groups is 1. The van der Waals surface area contributed by atoms with E-state index in [1.54, 1.807) is 13.0 Å². The molecule has 3 rings (SSSR count). The average molecular weight is 382 g/mol. The maximum Gasteiger partial charge on any atom is 0.339 e. The van der Waals surface area contributed by atoms with Crippen LogP contribution in [-0.4, -0.2) is 43.0 Å². The van der Waals surface area contributed by atoms with Gasteiger partial charge in [0.05, 0.1) is 23.8 Å². The first kappa shape index (κ1) is 18.7. The van der Waals surface area contributed by atoms with Crippen molar-refractivity contribution in [3.8, 4) is 5.75 Å². The van der Waals surface area contributed by atoms with Crippen molar-refractivity contribution in [2.24, 2.45) is 0 Å². The number of fused-ring (bicyclic) bond motifs is 1. The molecule has 26 heavy (non-hydrogen) atoms. The normalized spacial score (nSPS) is 20.2. The fraction of sp³-hybridized carbons (Fsp3) is 0.444. The molecule has 2 aromatic rings. The zero-order valence-electron chi connectivity index (χ0n) is 14.5. The molecule has 0 aliphatic carbocycles. The average Bonchev–Trinajstić information content (AvgIpc) is 2.61. The number of hydrogen-bond acceptors (Lipinski definition) is 6. The number of aliphatic hydroxyl groups is 1. The summed E-state index contributed by atoms with van der Waals surface area (Å²) in [6.45, 7) is 3.95. The highest BCUT2D eigenvalue weighted by molar-refractivity contribution is 6.32. The van der Waals surface area contributed by atoms with Crippen LogP contribution in [0.1, 0.15) is 17.5 Å². The second-order valence-corrected chi connectivity index (χ2v) is 6.72. The summed E-state index contributed by atoms with van der Waals surface area (Å²) >= 11 is 6.23. The second-order valence-electron chi connectivity index (χ2n) is 6.31. The summed E-state index contributed by atoms with van der Waals surface area (Å²) in [5, 5.41) is 13.5. The van der Waals surface area contributed by atoms with Gasteiger partial charge in [0.25, 0.3) is 5.91 Å². The topological polar surface area (TPSA) is 98.0 Å². The van der Waals surface area contributed by atoms with E-state index in [-0.39, 0.29) is 19.0 Å². The Labute approximate surface area is 154 Å². The summed E-state index contributed by atoms with van der Waals surface area (Å²) < 4.78 is 16.0. The Hall–Kier alpha value is -2.09. The number of halogens is 1. The lowest BCUT2D eigenvalue weighted by atomic mass is 10.1. The smallest absolute Gasteiger partial charge is 0.339 e. The number of rotatable bonds is 4. The molecule has 1 aliphatic heterocycles. The highest BCUT2D eigenvalue weighted by Gasteiger charge is 2.25. The van der Waals surface area contributed by atoms with Crippen LogP contribution in [0.4, 0.5) is 0 Å². The van der Waals surface area contributed by atoms with Crippen LogP contribution in [0, 0.1) is 13.8 Å². The molecule has 2 atom stereocenters. The summed E-state index contributed by atoms with van der Waals surface area (Å²) in [7, 11) is 0. The molecule has 2 N–H and O–H groups in total. The molecule has 0 radical (unpaired) electrons. The van der Waals surface area contributed by atoms with E-state index in [0.717, 1.165) is 5.56 Å². The number of carbonyl (C=O) groups excluding carboxylic acids is 1. The molecular formula is C18H20ClNO6. The second kappa shape index (κ2) is 7.65. The van der Waals surface area contributed by atoms with Crippen molar-refractivity contribution >= 4 is 28.5 Å². The maximum absolute atomic E-state index is 12.0. The van der Waals surface area contributed by atoms with E-state index in [0.29, 0.717) is 34.6 Å². The largest absolute Gasteiger partial charge is 0.482 e. The molecule has 0 saturated carbocycles. The SMILES string of the molecule is Cc1c(C)c2cc(Cl)c(OCC(=O)N[C@@H]3COCC[C@@H]3O)cc2oc1=O. The van der Waals surface area contributed by atoms with E-state index in [1.807, 2.05) is 6.92 Å². The fourth-order valence-corrected chi connectivity index (χ4v) is 3.03. The Bertz CT molecular complexity index is 893. The first-order valence-electron chi connectivity index (χ1n) is 8.28. The van der Waals surface area contributed by atoms with Crippen molar-refractivity contribution in [1.29, 1.82) is 0 Å². The number of amides is 1. The van der Waals surface area contributed by atoms with Gasteiger partial charge in [0, 0.05) is 23.6 Å². The van der Waals surface area contributed by atoms with Gasteiger partial charge in [-0.1, -0.05) is 11.6 Å². The van der Waals surface area contributed by atoms with Crippen LogP contribution in [0.2, 0.25) is 5.02 Å². The summed E-state index contributed by atoms with van der Waals surface area (Å²) in [5.74, 6) is -0.168. The molecular weight excluding hydrogens is 362 g/mol. The summed E-state index contributed by atoms with van der Waals surface area (Å²) in [6.07, 6.45) is -0.169. The summed E-state index contributed by atoms with van der Waals surface area (Å²) in [5.41, 5.74) is 1.23. The summed E-state index contributed by atoms with van der Waals surface area (Å²) in [4.78, 5) is 23.9. The lowest BCUT2D eigenvalue weighted by Crippen LogP contribution is -2.50. The van der Waals surface area contributed by atoms with E-state index < -0.39 is 23.7 Å². The first-order chi connectivity index (χ1) is 12.4. The predicted octanol–water partition coefficient (Wildman–Crippen LogP) is 1.71. The van der Waals surface area contributed by atoms with Gasteiger partial charge >= 0.3 is 5.63 Å². The van der Waals surface area contributed by atoms with E-state index in [2.05, 4.69) is 5.32 Å². The number of aliphatic hydroxyl groups excluding tert-OH is 1. The van der Waals surface area contributed by atoms with Crippen molar-refractivity contribution in [3.63, 3.8) is 0 Å². The van der Waals surface area contributed by atoms with Crippen LogP contribution in [0.25, 0.3) is 11.0 Å². The first-order valence-corrected chi connectivity index (χ1v) is 8.66. The molecule has 1 aliphatic rings. The minimum absolute atomic E-state index is 0.237. The standard InChI is InChI=1S/C18H20ClNO6/c1-9-10(2)18(23)26-15-6-16(12(19)5-11(9)15)25-8-17(22)20-13-7-24-4-3-14(13)21/h5-6,13-14,21H,3-4,7-8H2,1-2H3,(H,20,22)/t13-,14+/m1/s1. The Kier molecular flexibility index (Phi) is 5.50. The number of aryl methyl sites for hydroxylation is 1. The number of benzene rings is 1. The highest BCUT2D eigenvalue weighted by Crippen LogP contribution is 2.31. The van der Waals surface area contributed by atoms with Gasteiger partial charge in [0.2, 0.25) is 0 Å². The lowest BCUT2D eigenvalue weighted by Gasteiger charge is -2.28. The molecule has 1 aromatic carbocycles. The molecule has 1 fully saturated rings. The molecule has 1 saturated heterocycles. The maximum atomic E-state index is 12.0. The van der Waals surface area contributed by atoms with Crippen molar-refractivity contribution in [2.75, 3.05) is 19.8 Å². The van der Waals surface area contributed by atoms with Crippen molar-refractivity contribution in [2.45, 2.75) is 32.4 Å². The van der Waals surface area contributed by atoms with Gasteiger partial charge in [0.15, 0.2) is 6.61 Å². The molecule has 0 unspecified atom stereocenters. The van der Waals surface area contributed by atoms with Crippen LogP contribution in [0.15, 0.2) is 21.3 Å². The number of hydrogen-bond donors (Lipinski definition) is 2. The van der Waals surface area contributed by atoms with Gasteiger partial charge in [-0.15, -0.1) is 0 Å². The van der Waals surface area contributed by atoms with Crippen molar-refractivity contribution in [1.82, 2.24) is 5.32 Å². The van der Waals surface area contributed by atoms with Gasteiger partial charge in [-0.2, -0.15) is 0 Å². The van der Waals surface area contributed by atoms with E-state index in [9.17, 15) is 14.7 Å². The van der Waals surface area contributed by atoms with E-state index >= 15 is 0 Å². The third-order valence-electron chi connectivity index (χ3n) is 4.53. The van der Waals surface area contributed by atoms with Crippen LogP contribution < -0.4 is 15.7 Å². The van der Waals surface area contributed by atoms with Crippen molar-refractivity contribution < 1.29 is 23.8 Å². The minimum atomic E-state index is -0.641. The van der Waals surface area contributed by atoms with Crippen LogP contribution in [-0.2, 0) is 9.53 Å². The zero-order chi connectivity index (χ0) is 18.8. The molecule has 1 aromatic heterocycles. The fourth-order valence-electron chi connectivity index (χ4n) is 2.81. The van der Waals surface area contributed by atoms with Gasteiger partial charge in [-0.05, 0) is 31.9 Å². The van der Waals surface area contributed by atoms with Crippen LogP contribution >= 0.6 is 11.6 Å². The lowest BCUT2D eigenvalue weighted by molar-refractivity contribution is -0.126. The zero-order valence-corrected chi connectivity index (χ0v) is 15.3. The molecule has 0 bridgehead atoms. The predicted molar refractivity (Wildman–Crippen MR) is 95.8 cm³/mol. The number of nitrogens with one attached hydrogen (secondary N) is 1. The van der Waals surface area contributed by atoms with Gasteiger partial charge in [-0.3, -0.25) is 4.79 Å². The van der Waals surface area contributed by atoms with Crippen molar-refractivity contribution in [3.05, 3.63) is 38.7 Å². The quantitative estimate of drug-likeness (QED) is 0.782. The molecule has 8 heteroatoms.